The smallest absolute Gasteiger partial charge is 0.337 e. The van der Waals surface area contributed by atoms with Gasteiger partial charge < -0.3 is 14.4 Å². The number of aryl methyl sites for hydroxylation is 1. The summed E-state index contributed by atoms with van der Waals surface area (Å²) in [6.07, 6.45) is 8.34. The van der Waals surface area contributed by atoms with E-state index in [0.29, 0.717) is 56.4 Å². The average Bonchev–Trinajstić information content (AvgIpc) is 3.66. The molecule has 50 heavy (non-hydrogen) atoms. The molecule has 2 fully saturated rings. The molecular weight excluding hydrogens is 643 g/mol. The maximum absolute atomic E-state index is 14.0. The standard InChI is InChI=1S/C28H29F3N4O2.C8H13N3.C2H6/c1-3-11-32(2)12-7-10-26(36)34-15-13-33(14-16-34)19-21-17-23-24(25(18-21)28(29,30)31)20-35(27(23)37)22-8-5-4-6-9-22;1-6-3-7(4-6)8-10-9-5-11(8)2;1-2/h1,4-10,17-18H,11-16,19-20H2,2H3;5-7H,3-4H2,1-2H3;1-2H3/b10-7+;;. The van der Waals surface area contributed by atoms with Crippen molar-refractivity contribution in [1.82, 2.24) is 29.5 Å². The number of hydrogen-bond donors (Lipinski definition) is 0. The Kier molecular flexibility index (Phi) is 13.4. The van der Waals surface area contributed by atoms with Crippen LogP contribution in [0.25, 0.3) is 0 Å². The van der Waals surface area contributed by atoms with E-state index in [0.717, 1.165) is 17.8 Å². The van der Waals surface area contributed by atoms with Gasteiger partial charge in [0.2, 0.25) is 5.91 Å². The summed E-state index contributed by atoms with van der Waals surface area (Å²) in [5.41, 5.74) is 0.352. The molecule has 0 spiro atoms. The van der Waals surface area contributed by atoms with Gasteiger partial charge in [0.05, 0.1) is 18.7 Å². The summed E-state index contributed by atoms with van der Waals surface area (Å²) >= 11 is 0. The molecule has 1 aromatic heterocycles. The van der Waals surface area contributed by atoms with Crippen LogP contribution in [0.4, 0.5) is 18.9 Å². The molecule has 3 aromatic rings. The van der Waals surface area contributed by atoms with Crippen molar-refractivity contribution < 1.29 is 22.8 Å². The third kappa shape index (κ3) is 9.61. The monoisotopic (exact) mass is 691 g/mol. The van der Waals surface area contributed by atoms with Crippen LogP contribution in [-0.4, -0.2) is 87.6 Å². The Labute approximate surface area is 293 Å². The maximum Gasteiger partial charge on any atom is 0.416 e. The molecular formula is C38H48F3N7O2. The minimum absolute atomic E-state index is 0.0141. The number of likely N-dealkylation sites (N-methyl/N-ethyl adjacent to an activating group) is 1. The average molecular weight is 692 g/mol. The number of terminal acetylenes is 1. The van der Waals surface area contributed by atoms with Crippen LogP contribution in [0.2, 0.25) is 0 Å². The number of carbonyl (C=O) groups excluding carboxylic acids is 2. The van der Waals surface area contributed by atoms with Gasteiger partial charge in [-0.2, -0.15) is 13.2 Å². The van der Waals surface area contributed by atoms with Crippen LogP contribution in [0.1, 0.15) is 72.4 Å². The van der Waals surface area contributed by atoms with E-state index >= 15 is 0 Å². The molecule has 1 saturated heterocycles. The number of carbonyl (C=O) groups is 2. The largest absolute Gasteiger partial charge is 0.416 e. The Morgan fingerprint density at radius 2 is 1.78 bits per heavy atom. The molecule has 0 radical (unpaired) electrons. The predicted molar refractivity (Wildman–Crippen MR) is 189 cm³/mol. The normalized spacial score (nSPS) is 18.9. The SMILES string of the molecule is C#CCN(C)C/C=C/C(=O)N1CCN(Cc2cc3c(c(C(F)(F)F)c2)CN(c2ccccc2)C3=O)CC1.CC.CC1CC(c2nncn2C)C1. The van der Waals surface area contributed by atoms with Gasteiger partial charge in [-0.15, -0.1) is 16.6 Å². The van der Waals surface area contributed by atoms with E-state index in [9.17, 15) is 22.8 Å². The zero-order chi connectivity index (χ0) is 36.4. The lowest BCUT2D eigenvalue weighted by Crippen LogP contribution is -2.47. The molecule has 0 atom stereocenters. The fourth-order valence-corrected chi connectivity index (χ4v) is 6.45. The molecule has 3 aliphatic rings. The number of nitrogens with zero attached hydrogens (tertiary/aromatic N) is 7. The molecule has 0 unspecified atom stereocenters. The van der Waals surface area contributed by atoms with Gasteiger partial charge >= 0.3 is 6.18 Å². The number of piperazine rings is 1. The van der Waals surface area contributed by atoms with Gasteiger partial charge in [0.1, 0.15) is 12.2 Å². The third-order valence-corrected chi connectivity index (χ3v) is 9.09. The highest BCUT2D eigenvalue weighted by atomic mass is 19.4. The van der Waals surface area contributed by atoms with E-state index in [1.165, 1.54) is 23.8 Å². The topological polar surface area (TPSA) is 77.8 Å². The number of hydrogen-bond acceptors (Lipinski definition) is 6. The number of rotatable bonds is 8. The van der Waals surface area contributed by atoms with Crippen LogP contribution in [0, 0.1) is 18.3 Å². The molecule has 9 nitrogen and oxygen atoms in total. The first kappa shape index (κ1) is 38.3. The van der Waals surface area contributed by atoms with Crippen molar-refractivity contribution in [3.05, 3.63) is 89.0 Å². The number of alkyl halides is 3. The molecule has 12 heteroatoms. The molecule has 6 rings (SSSR count). The van der Waals surface area contributed by atoms with Gasteiger partial charge in [-0.05, 0) is 61.2 Å². The van der Waals surface area contributed by atoms with Gasteiger partial charge in [0.25, 0.3) is 5.91 Å². The number of para-hydroxylation sites is 1. The van der Waals surface area contributed by atoms with Crippen molar-refractivity contribution in [1.29, 1.82) is 0 Å². The van der Waals surface area contributed by atoms with Crippen LogP contribution in [0.5, 0.6) is 0 Å². The van der Waals surface area contributed by atoms with E-state index in [1.807, 2.05) is 42.3 Å². The summed E-state index contributed by atoms with van der Waals surface area (Å²) in [6.45, 7) is 9.50. The zero-order valence-electron chi connectivity index (χ0n) is 29.7. The van der Waals surface area contributed by atoms with Gasteiger partial charge in [-0.1, -0.05) is 51.0 Å². The minimum atomic E-state index is -4.57. The zero-order valence-corrected chi connectivity index (χ0v) is 29.7. The number of benzene rings is 2. The lowest BCUT2D eigenvalue weighted by atomic mass is 9.76. The van der Waals surface area contributed by atoms with Crippen LogP contribution < -0.4 is 4.90 Å². The van der Waals surface area contributed by atoms with Crippen molar-refractivity contribution in [3.8, 4) is 12.3 Å². The fraction of sp³-hybridized carbons (Fsp3) is 0.474. The van der Waals surface area contributed by atoms with Crippen molar-refractivity contribution in [2.75, 3.05) is 51.2 Å². The number of aromatic nitrogens is 3. The van der Waals surface area contributed by atoms with E-state index in [2.05, 4.69) is 23.0 Å². The molecule has 3 heterocycles. The Morgan fingerprint density at radius 1 is 1.10 bits per heavy atom. The van der Waals surface area contributed by atoms with E-state index in [-0.39, 0.29) is 30.1 Å². The quantitative estimate of drug-likeness (QED) is 0.214. The summed E-state index contributed by atoms with van der Waals surface area (Å²) in [5.74, 6) is 4.73. The van der Waals surface area contributed by atoms with Crippen LogP contribution in [0.3, 0.4) is 0 Å². The van der Waals surface area contributed by atoms with Crippen molar-refractivity contribution in [2.24, 2.45) is 13.0 Å². The number of halogens is 3. The molecule has 2 aliphatic heterocycles. The summed E-state index contributed by atoms with van der Waals surface area (Å²) in [4.78, 5) is 32.6. The summed E-state index contributed by atoms with van der Waals surface area (Å²) in [6, 6.07) is 11.5. The molecule has 1 saturated carbocycles. The van der Waals surface area contributed by atoms with Crippen LogP contribution in [-0.2, 0) is 31.1 Å². The Hall–Kier alpha value is -4.47. The molecule has 2 aromatic carbocycles. The van der Waals surface area contributed by atoms with Gasteiger partial charge in [0.15, 0.2) is 0 Å². The first-order chi connectivity index (χ1) is 23.9. The summed E-state index contributed by atoms with van der Waals surface area (Å²) in [5, 5.41) is 7.95. The highest BCUT2D eigenvalue weighted by Crippen LogP contribution is 2.40. The van der Waals surface area contributed by atoms with Gasteiger partial charge in [-0.25, -0.2) is 0 Å². The number of amides is 2. The van der Waals surface area contributed by atoms with Gasteiger partial charge in [-0.3, -0.25) is 19.4 Å². The number of fused-ring (bicyclic) bond motifs is 1. The Balaban J connectivity index is 0.000000361. The minimum Gasteiger partial charge on any atom is -0.337 e. The van der Waals surface area contributed by atoms with Crippen LogP contribution >= 0.6 is 0 Å². The second-order valence-corrected chi connectivity index (χ2v) is 12.9. The first-order valence-electron chi connectivity index (χ1n) is 17.2. The van der Waals surface area contributed by atoms with E-state index in [4.69, 9.17) is 6.42 Å². The lowest BCUT2D eigenvalue weighted by molar-refractivity contribution is -0.138. The highest BCUT2D eigenvalue weighted by Gasteiger charge is 2.40. The summed E-state index contributed by atoms with van der Waals surface area (Å²) < 4.78 is 44.0. The Bertz CT molecular complexity index is 1650. The Morgan fingerprint density at radius 3 is 2.36 bits per heavy atom. The van der Waals surface area contributed by atoms with Crippen LogP contribution in [0.15, 0.2) is 60.9 Å². The molecule has 0 N–H and O–H groups in total. The third-order valence-electron chi connectivity index (χ3n) is 9.09. The fourth-order valence-electron chi connectivity index (χ4n) is 6.45. The lowest BCUT2D eigenvalue weighted by Gasteiger charge is -2.34. The van der Waals surface area contributed by atoms with E-state index < -0.39 is 17.6 Å². The predicted octanol–water partition coefficient (Wildman–Crippen LogP) is 5.99. The van der Waals surface area contributed by atoms with Crippen molar-refractivity contribution in [2.45, 2.75) is 58.8 Å². The second-order valence-electron chi connectivity index (χ2n) is 12.9. The maximum atomic E-state index is 14.0. The highest BCUT2D eigenvalue weighted by molar-refractivity contribution is 6.10. The molecule has 268 valence electrons. The number of anilines is 1. The summed E-state index contributed by atoms with van der Waals surface area (Å²) in [7, 11) is 3.88. The molecule has 2 amide bonds. The van der Waals surface area contributed by atoms with Gasteiger partial charge in [0, 0.05) is 69.6 Å². The van der Waals surface area contributed by atoms with Crippen molar-refractivity contribution >= 4 is 17.5 Å². The first-order valence-corrected chi connectivity index (χ1v) is 17.2. The molecule has 1 aliphatic carbocycles. The van der Waals surface area contributed by atoms with Crippen molar-refractivity contribution in [3.63, 3.8) is 0 Å². The second kappa shape index (κ2) is 17.5. The van der Waals surface area contributed by atoms with E-state index in [1.54, 1.807) is 53.7 Å². The molecule has 0 bridgehead atoms.